The number of carbonyl (C=O) groups excluding carboxylic acids is 1. The first-order chi connectivity index (χ1) is 6.09. The molecule has 1 aliphatic rings. The minimum Gasteiger partial charge on any atom is -0.478 e. The van der Waals surface area contributed by atoms with Crippen molar-refractivity contribution < 1.29 is 14.7 Å². The Hall–Kier alpha value is -1.12. The Morgan fingerprint density at radius 3 is 2.85 bits per heavy atom. The van der Waals surface area contributed by atoms with Crippen molar-refractivity contribution in [3.05, 3.63) is 11.6 Å². The lowest BCUT2D eigenvalue weighted by atomic mass is 9.87. The Balaban J connectivity index is 2.57. The third-order valence-electron chi connectivity index (χ3n) is 2.34. The zero-order chi connectivity index (χ0) is 9.84. The van der Waals surface area contributed by atoms with Gasteiger partial charge in [0.2, 0.25) is 0 Å². The SMILES string of the molecule is C/C(=C\C1CCCC(=O)C1)C(=O)O. The molecule has 1 rings (SSSR count). The fraction of sp³-hybridized carbons (Fsp3) is 0.600. The number of Topliss-reactive ketones (excluding diaryl/α,β-unsaturated/α-hetero) is 1. The average Bonchev–Trinajstić information content (AvgIpc) is 2.04. The van der Waals surface area contributed by atoms with Gasteiger partial charge >= 0.3 is 5.97 Å². The Kier molecular flexibility index (Phi) is 3.23. The Morgan fingerprint density at radius 2 is 2.31 bits per heavy atom. The van der Waals surface area contributed by atoms with Crippen LogP contribution >= 0.6 is 0 Å². The van der Waals surface area contributed by atoms with Crippen LogP contribution in [-0.4, -0.2) is 16.9 Å². The molecule has 3 nitrogen and oxygen atoms in total. The summed E-state index contributed by atoms with van der Waals surface area (Å²) in [5.41, 5.74) is 0.347. The lowest BCUT2D eigenvalue weighted by Crippen LogP contribution is -2.14. The number of hydrogen-bond acceptors (Lipinski definition) is 2. The largest absolute Gasteiger partial charge is 0.478 e. The summed E-state index contributed by atoms with van der Waals surface area (Å²) < 4.78 is 0. The van der Waals surface area contributed by atoms with E-state index in [9.17, 15) is 9.59 Å². The van der Waals surface area contributed by atoms with Crippen LogP contribution in [0.2, 0.25) is 0 Å². The molecule has 1 aliphatic carbocycles. The topological polar surface area (TPSA) is 54.4 Å². The molecule has 0 bridgehead atoms. The quantitative estimate of drug-likeness (QED) is 0.662. The second kappa shape index (κ2) is 4.21. The van der Waals surface area contributed by atoms with Crippen molar-refractivity contribution in [2.75, 3.05) is 0 Å². The first-order valence-corrected chi connectivity index (χ1v) is 4.53. The molecule has 72 valence electrons. The molecule has 13 heavy (non-hydrogen) atoms. The Bertz CT molecular complexity index is 253. The normalized spacial score (nSPS) is 24.5. The van der Waals surface area contributed by atoms with Crippen molar-refractivity contribution in [3.63, 3.8) is 0 Å². The molecule has 0 aromatic heterocycles. The number of carbonyl (C=O) groups is 2. The highest BCUT2D eigenvalue weighted by Gasteiger charge is 2.18. The maximum Gasteiger partial charge on any atom is 0.330 e. The van der Waals surface area contributed by atoms with Gasteiger partial charge in [-0.1, -0.05) is 6.08 Å². The molecule has 0 spiro atoms. The predicted octanol–water partition coefficient (Wildman–Crippen LogP) is 1.78. The second-order valence-corrected chi connectivity index (χ2v) is 3.55. The van der Waals surface area contributed by atoms with Crippen LogP contribution in [0, 0.1) is 5.92 Å². The summed E-state index contributed by atoms with van der Waals surface area (Å²) in [7, 11) is 0. The molecule has 0 amide bonds. The van der Waals surface area contributed by atoms with Gasteiger partial charge in [0.05, 0.1) is 0 Å². The third-order valence-corrected chi connectivity index (χ3v) is 2.34. The fourth-order valence-corrected chi connectivity index (χ4v) is 1.63. The summed E-state index contributed by atoms with van der Waals surface area (Å²) in [5, 5.41) is 8.63. The molecule has 1 atom stereocenters. The molecule has 1 N–H and O–H groups in total. The van der Waals surface area contributed by atoms with Gasteiger partial charge < -0.3 is 5.11 Å². The van der Waals surface area contributed by atoms with Gasteiger partial charge in [-0.05, 0) is 25.7 Å². The second-order valence-electron chi connectivity index (χ2n) is 3.55. The number of ketones is 1. The van der Waals surface area contributed by atoms with Crippen LogP contribution in [0.1, 0.15) is 32.6 Å². The highest BCUT2D eigenvalue weighted by Crippen LogP contribution is 2.23. The molecule has 0 heterocycles. The van der Waals surface area contributed by atoms with E-state index < -0.39 is 5.97 Å². The van der Waals surface area contributed by atoms with Crippen LogP contribution in [0.5, 0.6) is 0 Å². The summed E-state index contributed by atoms with van der Waals surface area (Å²) in [6, 6.07) is 0. The van der Waals surface area contributed by atoms with E-state index in [1.54, 1.807) is 13.0 Å². The molecular formula is C10H14O3. The van der Waals surface area contributed by atoms with Crippen molar-refractivity contribution in [2.24, 2.45) is 5.92 Å². The van der Waals surface area contributed by atoms with Crippen LogP contribution < -0.4 is 0 Å². The van der Waals surface area contributed by atoms with Crippen LogP contribution in [0.25, 0.3) is 0 Å². The lowest BCUT2D eigenvalue weighted by Gasteiger charge is -2.17. The van der Waals surface area contributed by atoms with Gasteiger partial charge in [0.25, 0.3) is 0 Å². The zero-order valence-electron chi connectivity index (χ0n) is 7.75. The molecular weight excluding hydrogens is 168 g/mol. The van der Waals surface area contributed by atoms with Crippen LogP contribution in [0.4, 0.5) is 0 Å². The summed E-state index contributed by atoms with van der Waals surface area (Å²) in [5.74, 6) is -0.485. The molecule has 1 fully saturated rings. The number of aliphatic carboxylic acids is 1. The first kappa shape index (κ1) is 9.96. The Labute approximate surface area is 77.4 Å². The van der Waals surface area contributed by atoms with Gasteiger partial charge in [0.1, 0.15) is 5.78 Å². The van der Waals surface area contributed by atoms with Crippen molar-refractivity contribution in [2.45, 2.75) is 32.6 Å². The van der Waals surface area contributed by atoms with E-state index in [1.807, 2.05) is 0 Å². The molecule has 0 aromatic rings. The van der Waals surface area contributed by atoms with Gasteiger partial charge in [-0.2, -0.15) is 0 Å². The molecule has 0 radical (unpaired) electrons. The maximum atomic E-state index is 11.0. The summed E-state index contributed by atoms with van der Waals surface area (Å²) in [6.07, 6.45) is 4.73. The van der Waals surface area contributed by atoms with Crippen LogP contribution in [0.3, 0.4) is 0 Å². The molecule has 0 aromatic carbocycles. The molecule has 1 unspecified atom stereocenters. The standard InChI is InChI=1S/C10H14O3/c1-7(10(12)13)5-8-3-2-4-9(11)6-8/h5,8H,2-4,6H2,1H3,(H,12,13)/b7-5+. The minimum absolute atomic E-state index is 0.150. The predicted molar refractivity (Wildman–Crippen MR) is 48.4 cm³/mol. The van der Waals surface area contributed by atoms with E-state index in [0.717, 1.165) is 12.8 Å². The van der Waals surface area contributed by atoms with E-state index in [-0.39, 0.29) is 11.7 Å². The smallest absolute Gasteiger partial charge is 0.330 e. The number of rotatable bonds is 2. The number of carboxylic acid groups (broad SMARTS) is 1. The summed E-state index contributed by atoms with van der Waals surface area (Å²) in [4.78, 5) is 21.5. The first-order valence-electron chi connectivity index (χ1n) is 4.53. The molecule has 0 saturated heterocycles. The monoisotopic (exact) mass is 182 g/mol. The zero-order valence-corrected chi connectivity index (χ0v) is 7.75. The van der Waals surface area contributed by atoms with Gasteiger partial charge in [0.15, 0.2) is 0 Å². The highest BCUT2D eigenvalue weighted by atomic mass is 16.4. The minimum atomic E-state index is -0.891. The van der Waals surface area contributed by atoms with E-state index in [1.165, 1.54) is 0 Å². The number of allylic oxidation sites excluding steroid dienone is 1. The van der Waals surface area contributed by atoms with Crippen molar-refractivity contribution in [3.8, 4) is 0 Å². The van der Waals surface area contributed by atoms with E-state index in [0.29, 0.717) is 18.4 Å². The van der Waals surface area contributed by atoms with Crippen LogP contribution in [-0.2, 0) is 9.59 Å². The lowest BCUT2D eigenvalue weighted by molar-refractivity contribution is -0.132. The molecule has 1 saturated carbocycles. The van der Waals surface area contributed by atoms with E-state index in [2.05, 4.69) is 0 Å². The third kappa shape index (κ3) is 3.01. The fourth-order valence-electron chi connectivity index (χ4n) is 1.63. The average molecular weight is 182 g/mol. The Morgan fingerprint density at radius 1 is 1.62 bits per heavy atom. The highest BCUT2D eigenvalue weighted by molar-refractivity contribution is 5.86. The van der Waals surface area contributed by atoms with Crippen molar-refractivity contribution >= 4 is 11.8 Å². The van der Waals surface area contributed by atoms with Crippen molar-refractivity contribution in [1.29, 1.82) is 0 Å². The maximum absolute atomic E-state index is 11.0. The van der Waals surface area contributed by atoms with Crippen LogP contribution in [0.15, 0.2) is 11.6 Å². The van der Waals surface area contributed by atoms with Gasteiger partial charge in [-0.15, -0.1) is 0 Å². The molecule has 3 heteroatoms. The van der Waals surface area contributed by atoms with E-state index >= 15 is 0 Å². The van der Waals surface area contributed by atoms with Gasteiger partial charge in [0, 0.05) is 18.4 Å². The summed E-state index contributed by atoms with van der Waals surface area (Å²) in [6.45, 7) is 1.57. The van der Waals surface area contributed by atoms with Crippen molar-refractivity contribution in [1.82, 2.24) is 0 Å². The van der Waals surface area contributed by atoms with E-state index in [4.69, 9.17) is 5.11 Å². The van der Waals surface area contributed by atoms with Gasteiger partial charge in [-0.3, -0.25) is 4.79 Å². The number of carboxylic acids is 1. The summed E-state index contributed by atoms with van der Waals surface area (Å²) >= 11 is 0. The van der Waals surface area contributed by atoms with Gasteiger partial charge in [-0.25, -0.2) is 4.79 Å². The molecule has 0 aliphatic heterocycles. The number of hydrogen-bond donors (Lipinski definition) is 1.